The van der Waals surface area contributed by atoms with Crippen LogP contribution in [-0.4, -0.2) is 19.6 Å². The summed E-state index contributed by atoms with van der Waals surface area (Å²) >= 11 is 5.89. The van der Waals surface area contributed by atoms with Crippen molar-refractivity contribution >= 4 is 23.2 Å². The minimum absolute atomic E-state index is 0.00490. The lowest BCUT2D eigenvalue weighted by molar-refractivity contribution is -0.117. The number of carbonyl (C=O) groups is 1. The smallest absolute Gasteiger partial charge is 0.263 e. The van der Waals surface area contributed by atoms with E-state index < -0.39 is 5.91 Å². The van der Waals surface area contributed by atoms with Crippen LogP contribution in [0.3, 0.4) is 0 Å². The van der Waals surface area contributed by atoms with Gasteiger partial charge in [-0.2, -0.15) is 5.26 Å². The molecule has 0 bridgehead atoms. The number of nitrogens with zero attached hydrogens (tertiary/aromatic N) is 1. The van der Waals surface area contributed by atoms with Crippen LogP contribution >= 0.6 is 11.6 Å². The summed E-state index contributed by atoms with van der Waals surface area (Å²) in [7, 11) is 1.61. The lowest BCUT2D eigenvalue weighted by atomic mass is 10.1. The maximum Gasteiger partial charge on any atom is 0.263 e. The van der Waals surface area contributed by atoms with Gasteiger partial charge in [0.25, 0.3) is 5.91 Å². The van der Waals surface area contributed by atoms with E-state index in [0.29, 0.717) is 23.7 Å². The van der Waals surface area contributed by atoms with Crippen molar-refractivity contribution in [1.82, 2.24) is 5.32 Å². The quantitative estimate of drug-likeness (QED) is 0.588. The second-order valence-electron chi connectivity index (χ2n) is 5.18. The fourth-order valence-electron chi connectivity index (χ4n) is 2.09. The van der Waals surface area contributed by atoms with Gasteiger partial charge >= 0.3 is 0 Å². The number of amides is 1. The number of methoxy groups -OCH3 is 1. The first kappa shape index (κ1) is 18.4. The van der Waals surface area contributed by atoms with E-state index in [1.807, 2.05) is 30.3 Å². The van der Waals surface area contributed by atoms with E-state index in [1.54, 1.807) is 31.4 Å². The molecule has 2 aromatic rings. The van der Waals surface area contributed by atoms with Crippen LogP contribution in [0.15, 0.2) is 60.3 Å². The second kappa shape index (κ2) is 9.36. The number of hydrogen-bond acceptors (Lipinski definition) is 4. The number of benzene rings is 2. The summed E-state index contributed by atoms with van der Waals surface area (Å²) in [6.07, 6.45) is 2.03. The summed E-state index contributed by atoms with van der Waals surface area (Å²) < 4.78 is 5.10. The molecule has 0 saturated heterocycles. The minimum atomic E-state index is -0.425. The topological polar surface area (TPSA) is 74.1 Å². The SMILES string of the molecule is COc1ccc(CCNC(=O)/C(C#N)=C\Nc2cccc(Cl)c2)cc1. The molecule has 25 heavy (non-hydrogen) atoms. The molecule has 128 valence electrons. The molecule has 0 heterocycles. The standard InChI is InChI=1S/C19H18ClN3O2/c1-25-18-7-5-14(6-8-18)9-10-22-19(24)15(12-21)13-23-17-4-2-3-16(20)11-17/h2-8,11,13,23H,9-10H2,1H3,(H,22,24)/b15-13-. The zero-order valence-electron chi connectivity index (χ0n) is 13.8. The van der Waals surface area contributed by atoms with Crippen molar-refractivity contribution < 1.29 is 9.53 Å². The normalized spacial score (nSPS) is 10.7. The first-order valence-electron chi connectivity index (χ1n) is 7.66. The van der Waals surface area contributed by atoms with Crippen LogP contribution in [0.5, 0.6) is 5.75 Å². The Morgan fingerprint density at radius 2 is 2.04 bits per heavy atom. The number of carbonyl (C=O) groups excluding carboxylic acids is 1. The molecule has 0 aromatic heterocycles. The van der Waals surface area contributed by atoms with E-state index in [1.165, 1.54) is 6.20 Å². The van der Waals surface area contributed by atoms with Gasteiger partial charge in [-0.1, -0.05) is 29.8 Å². The van der Waals surface area contributed by atoms with Crippen molar-refractivity contribution in [3.05, 3.63) is 70.9 Å². The molecule has 2 rings (SSSR count). The monoisotopic (exact) mass is 355 g/mol. The van der Waals surface area contributed by atoms with Crippen LogP contribution < -0.4 is 15.4 Å². The fraction of sp³-hybridized carbons (Fsp3) is 0.158. The Labute approximate surface area is 151 Å². The third kappa shape index (κ3) is 5.87. The fourth-order valence-corrected chi connectivity index (χ4v) is 2.28. The molecule has 0 aliphatic heterocycles. The maximum absolute atomic E-state index is 12.1. The molecule has 0 saturated carbocycles. The first-order chi connectivity index (χ1) is 12.1. The largest absolute Gasteiger partial charge is 0.497 e. The van der Waals surface area contributed by atoms with E-state index in [4.69, 9.17) is 21.6 Å². The molecule has 0 aliphatic rings. The predicted octanol–water partition coefficient (Wildman–Crippen LogP) is 3.53. The van der Waals surface area contributed by atoms with Crippen LogP contribution in [0.25, 0.3) is 0 Å². The van der Waals surface area contributed by atoms with Gasteiger partial charge in [0.1, 0.15) is 17.4 Å². The van der Waals surface area contributed by atoms with Crippen LogP contribution in [0.4, 0.5) is 5.69 Å². The molecule has 0 unspecified atom stereocenters. The maximum atomic E-state index is 12.1. The van der Waals surface area contributed by atoms with E-state index in [9.17, 15) is 4.79 Å². The molecule has 0 radical (unpaired) electrons. The Balaban J connectivity index is 1.86. The van der Waals surface area contributed by atoms with Gasteiger partial charge in [-0.05, 0) is 42.3 Å². The zero-order valence-corrected chi connectivity index (χ0v) is 14.5. The van der Waals surface area contributed by atoms with Gasteiger partial charge in [-0.15, -0.1) is 0 Å². The van der Waals surface area contributed by atoms with Crippen molar-refractivity contribution in [2.45, 2.75) is 6.42 Å². The molecular formula is C19H18ClN3O2. The number of rotatable bonds is 7. The average Bonchev–Trinajstić information content (AvgIpc) is 2.63. The molecule has 0 aliphatic carbocycles. The number of nitrogens with one attached hydrogen (secondary N) is 2. The van der Waals surface area contributed by atoms with Gasteiger partial charge in [-0.25, -0.2) is 0 Å². The highest BCUT2D eigenvalue weighted by molar-refractivity contribution is 6.30. The highest BCUT2D eigenvalue weighted by Crippen LogP contribution is 2.15. The third-order valence-electron chi connectivity index (χ3n) is 3.43. The van der Waals surface area contributed by atoms with E-state index in [-0.39, 0.29) is 5.57 Å². The van der Waals surface area contributed by atoms with Gasteiger partial charge in [0, 0.05) is 23.5 Å². The van der Waals surface area contributed by atoms with Crippen molar-refractivity contribution in [2.24, 2.45) is 0 Å². The van der Waals surface area contributed by atoms with Crippen LogP contribution in [0.2, 0.25) is 5.02 Å². The van der Waals surface area contributed by atoms with Gasteiger partial charge in [0.05, 0.1) is 7.11 Å². The van der Waals surface area contributed by atoms with Crippen molar-refractivity contribution in [1.29, 1.82) is 5.26 Å². The average molecular weight is 356 g/mol. The number of halogens is 1. The lowest BCUT2D eigenvalue weighted by Crippen LogP contribution is -2.27. The highest BCUT2D eigenvalue weighted by atomic mass is 35.5. The molecule has 5 nitrogen and oxygen atoms in total. The molecule has 2 N–H and O–H groups in total. The van der Waals surface area contributed by atoms with Gasteiger partial charge in [0.2, 0.25) is 0 Å². The summed E-state index contributed by atoms with van der Waals surface area (Å²) in [6, 6.07) is 16.5. The van der Waals surface area contributed by atoms with Crippen LogP contribution in [0.1, 0.15) is 5.56 Å². The van der Waals surface area contributed by atoms with Gasteiger partial charge < -0.3 is 15.4 Å². The first-order valence-corrected chi connectivity index (χ1v) is 8.03. The summed E-state index contributed by atoms with van der Waals surface area (Å²) in [5, 5.41) is 15.3. The summed E-state index contributed by atoms with van der Waals surface area (Å²) in [5.41, 5.74) is 1.77. The number of nitriles is 1. The number of hydrogen-bond donors (Lipinski definition) is 2. The Morgan fingerprint density at radius 3 is 2.68 bits per heavy atom. The van der Waals surface area contributed by atoms with Crippen molar-refractivity contribution in [3.63, 3.8) is 0 Å². The van der Waals surface area contributed by atoms with E-state index >= 15 is 0 Å². The minimum Gasteiger partial charge on any atom is -0.497 e. The Morgan fingerprint density at radius 1 is 1.28 bits per heavy atom. The molecule has 0 spiro atoms. The Bertz CT molecular complexity index is 795. The molecule has 0 fully saturated rings. The predicted molar refractivity (Wildman–Crippen MR) is 98.5 cm³/mol. The molecule has 6 heteroatoms. The molecule has 0 atom stereocenters. The summed E-state index contributed by atoms with van der Waals surface area (Å²) in [4.78, 5) is 12.1. The van der Waals surface area contributed by atoms with Crippen molar-refractivity contribution in [3.8, 4) is 11.8 Å². The van der Waals surface area contributed by atoms with Gasteiger partial charge in [-0.3, -0.25) is 4.79 Å². The second-order valence-corrected chi connectivity index (χ2v) is 5.61. The van der Waals surface area contributed by atoms with Crippen LogP contribution in [0, 0.1) is 11.3 Å². The Kier molecular flexibility index (Phi) is 6.87. The van der Waals surface area contributed by atoms with Gasteiger partial charge in [0.15, 0.2) is 0 Å². The summed E-state index contributed by atoms with van der Waals surface area (Å²) in [6.45, 7) is 0.432. The Hall–Kier alpha value is -2.97. The molecular weight excluding hydrogens is 338 g/mol. The molecule has 1 amide bonds. The van der Waals surface area contributed by atoms with Crippen molar-refractivity contribution in [2.75, 3.05) is 19.0 Å². The summed E-state index contributed by atoms with van der Waals surface area (Å²) in [5.74, 6) is 0.361. The van der Waals surface area contributed by atoms with E-state index in [0.717, 1.165) is 11.3 Å². The third-order valence-corrected chi connectivity index (χ3v) is 3.67. The lowest BCUT2D eigenvalue weighted by Gasteiger charge is -2.06. The highest BCUT2D eigenvalue weighted by Gasteiger charge is 2.08. The number of anilines is 1. The van der Waals surface area contributed by atoms with Crippen LogP contribution in [-0.2, 0) is 11.2 Å². The van der Waals surface area contributed by atoms with E-state index in [2.05, 4.69) is 10.6 Å². The number of ether oxygens (including phenoxy) is 1. The zero-order chi connectivity index (χ0) is 18.1. The molecule has 2 aromatic carbocycles.